The number of quaternary nitrogens is 1. The number of nitrogens with zero attached hydrogens (tertiary/aromatic N) is 2. The zero-order chi connectivity index (χ0) is 10.2. The van der Waals surface area contributed by atoms with Gasteiger partial charge in [-0.05, 0) is 6.07 Å². The molecule has 1 atom stereocenters. The second-order valence-corrected chi connectivity index (χ2v) is 4.96. The fourth-order valence-electron chi connectivity index (χ4n) is 2.58. The maximum Gasteiger partial charge on any atom is 0.177 e. The molecule has 1 aromatic heterocycles. The maximum atomic E-state index is 2.34. The fourth-order valence-corrected chi connectivity index (χ4v) is 2.58. The van der Waals surface area contributed by atoms with Crippen LogP contribution in [0.2, 0.25) is 0 Å². The van der Waals surface area contributed by atoms with Gasteiger partial charge >= 0.3 is 0 Å². The molecule has 0 radical (unpaired) electrons. The molecule has 14 heavy (non-hydrogen) atoms. The van der Waals surface area contributed by atoms with E-state index in [2.05, 4.69) is 50.2 Å². The van der Waals surface area contributed by atoms with Crippen LogP contribution in [0.15, 0.2) is 24.5 Å². The second-order valence-electron chi connectivity index (χ2n) is 4.96. The molecule has 1 saturated heterocycles. The number of rotatable bonds is 1. The van der Waals surface area contributed by atoms with Crippen LogP contribution in [0.4, 0.5) is 0 Å². The van der Waals surface area contributed by atoms with Crippen LogP contribution >= 0.6 is 0 Å². The fraction of sp³-hybridized carbons (Fsp3) is 0.583. The summed E-state index contributed by atoms with van der Waals surface area (Å²) in [5.41, 5.74) is 1.48. The lowest BCUT2D eigenvalue weighted by atomic mass is 10.1. The smallest absolute Gasteiger partial charge is 0.177 e. The SMILES string of the molecule is C[n+]1cccc([C@H]2CCC[N+]2(C)C)c1. The molecular formula is C12H20N2+2. The van der Waals surface area contributed by atoms with Crippen LogP contribution in [0.5, 0.6) is 0 Å². The van der Waals surface area contributed by atoms with Gasteiger partial charge in [0, 0.05) is 18.9 Å². The first-order chi connectivity index (χ1) is 6.59. The number of likely N-dealkylation sites (tertiary alicyclic amines) is 1. The molecule has 0 N–H and O–H groups in total. The summed E-state index contributed by atoms with van der Waals surface area (Å²) in [7, 11) is 6.77. The molecule has 2 heterocycles. The van der Waals surface area contributed by atoms with Crippen LogP contribution in [0.3, 0.4) is 0 Å². The Morgan fingerprint density at radius 1 is 1.43 bits per heavy atom. The van der Waals surface area contributed by atoms with Crippen molar-refractivity contribution in [1.82, 2.24) is 0 Å². The molecule has 0 aliphatic carbocycles. The lowest BCUT2D eigenvalue weighted by molar-refractivity contribution is -0.908. The molecule has 2 nitrogen and oxygen atoms in total. The van der Waals surface area contributed by atoms with Crippen molar-refractivity contribution in [1.29, 1.82) is 0 Å². The van der Waals surface area contributed by atoms with Crippen molar-refractivity contribution in [2.45, 2.75) is 18.9 Å². The Morgan fingerprint density at radius 2 is 2.21 bits per heavy atom. The molecule has 1 aliphatic heterocycles. The standard InChI is InChI=1S/C12H20N2/c1-13-8-4-6-11(10-13)12-7-5-9-14(12,2)3/h4,6,8,10,12H,5,7,9H2,1-3H3/q+2/t12-/m1/s1. The first-order valence-corrected chi connectivity index (χ1v) is 5.37. The monoisotopic (exact) mass is 192 g/mol. The molecule has 0 amide bonds. The zero-order valence-corrected chi connectivity index (χ0v) is 9.40. The van der Waals surface area contributed by atoms with Gasteiger partial charge in [0.05, 0.1) is 26.2 Å². The average molecular weight is 192 g/mol. The van der Waals surface area contributed by atoms with Crippen molar-refractivity contribution in [2.75, 3.05) is 20.6 Å². The maximum absolute atomic E-state index is 2.34. The molecule has 0 spiro atoms. The summed E-state index contributed by atoms with van der Waals surface area (Å²) in [4.78, 5) is 0. The van der Waals surface area contributed by atoms with Crippen molar-refractivity contribution < 1.29 is 9.05 Å². The lowest BCUT2D eigenvalue weighted by Crippen LogP contribution is -2.39. The Hall–Kier alpha value is -0.890. The Bertz CT molecular complexity index is 331. The van der Waals surface area contributed by atoms with Crippen LogP contribution in [-0.4, -0.2) is 25.1 Å². The van der Waals surface area contributed by atoms with E-state index in [1.807, 2.05) is 0 Å². The zero-order valence-electron chi connectivity index (χ0n) is 9.40. The van der Waals surface area contributed by atoms with Gasteiger partial charge in [-0.1, -0.05) is 0 Å². The highest BCUT2D eigenvalue weighted by atomic mass is 15.3. The molecule has 0 unspecified atom stereocenters. The Kier molecular flexibility index (Phi) is 2.31. The van der Waals surface area contributed by atoms with Crippen LogP contribution in [-0.2, 0) is 7.05 Å². The van der Waals surface area contributed by atoms with E-state index in [4.69, 9.17) is 0 Å². The molecule has 1 aliphatic rings. The van der Waals surface area contributed by atoms with E-state index < -0.39 is 0 Å². The van der Waals surface area contributed by atoms with Gasteiger partial charge in [0.25, 0.3) is 0 Å². The number of pyridine rings is 1. The Morgan fingerprint density at radius 3 is 2.79 bits per heavy atom. The van der Waals surface area contributed by atoms with Crippen LogP contribution in [0.25, 0.3) is 0 Å². The summed E-state index contributed by atoms with van der Waals surface area (Å²) < 4.78 is 3.29. The number of aromatic nitrogens is 1. The van der Waals surface area contributed by atoms with Gasteiger partial charge in [-0.3, -0.25) is 0 Å². The van der Waals surface area contributed by atoms with Gasteiger partial charge in [0.15, 0.2) is 12.4 Å². The highest BCUT2D eigenvalue weighted by Gasteiger charge is 2.36. The van der Waals surface area contributed by atoms with Gasteiger partial charge in [-0.2, -0.15) is 0 Å². The van der Waals surface area contributed by atoms with Gasteiger partial charge in [-0.25, -0.2) is 4.57 Å². The summed E-state index contributed by atoms with van der Waals surface area (Å²) in [5, 5.41) is 0. The minimum atomic E-state index is 0.697. The molecule has 0 saturated carbocycles. The summed E-state index contributed by atoms with van der Waals surface area (Å²) in [6, 6.07) is 5.10. The third kappa shape index (κ3) is 1.67. The highest BCUT2D eigenvalue weighted by molar-refractivity contribution is 5.10. The van der Waals surface area contributed by atoms with Crippen molar-refractivity contribution >= 4 is 0 Å². The van der Waals surface area contributed by atoms with Crippen LogP contribution in [0.1, 0.15) is 24.4 Å². The third-order valence-electron chi connectivity index (χ3n) is 3.40. The minimum absolute atomic E-state index is 0.697. The van der Waals surface area contributed by atoms with E-state index in [1.165, 1.54) is 24.9 Å². The number of hydrogen-bond acceptors (Lipinski definition) is 0. The first kappa shape index (κ1) is 9.66. The van der Waals surface area contributed by atoms with Crippen molar-refractivity contribution in [2.24, 2.45) is 7.05 Å². The average Bonchev–Trinajstić information content (AvgIpc) is 2.45. The van der Waals surface area contributed by atoms with Gasteiger partial charge < -0.3 is 4.48 Å². The number of aryl methyl sites for hydroxylation is 1. The van der Waals surface area contributed by atoms with Gasteiger partial charge in [-0.15, -0.1) is 0 Å². The topological polar surface area (TPSA) is 3.88 Å². The summed E-state index contributed by atoms with van der Waals surface area (Å²) in [6.07, 6.45) is 7.04. The molecule has 0 aromatic carbocycles. The number of hydrogen-bond donors (Lipinski definition) is 0. The summed E-state index contributed by atoms with van der Waals surface area (Å²) >= 11 is 0. The molecule has 0 bridgehead atoms. The van der Waals surface area contributed by atoms with Gasteiger partial charge in [0.2, 0.25) is 0 Å². The van der Waals surface area contributed by atoms with Gasteiger partial charge in [0.1, 0.15) is 13.1 Å². The third-order valence-corrected chi connectivity index (χ3v) is 3.40. The van der Waals surface area contributed by atoms with E-state index in [1.54, 1.807) is 0 Å². The molecule has 2 heteroatoms. The van der Waals surface area contributed by atoms with E-state index in [9.17, 15) is 0 Å². The molecule has 2 rings (SSSR count). The van der Waals surface area contributed by atoms with Crippen LogP contribution < -0.4 is 4.57 Å². The molecular weight excluding hydrogens is 172 g/mol. The predicted octanol–water partition coefficient (Wildman–Crippen LogP) is 1.42. The summed E-state index contributed by atoms with van der Waals surface area (Å²) in [5.74, 6) is 0. The second kappa shape index (κ2) is 3.35. The summed E-state index contributed by atoms with van der Waals surface area (Å²) in [6.45, 7) is 1.31. The van der Waals surface area contributed by atoms with Crippen molar-refractivity contribution in [3.63, 3.8) is 0 Å². The quantitative estimate of drug-likeness (QED) is 0.468. The van der Waals surface area contributed by atoms with E-state index >= 15 is 0 Å². The van der Waals surface area contributed by atoms with E-state index in [-0.39, 0.29) is 0 Å². The molecule has 1 aromatic rings. The van der Waals surface area contributed by atoms with Crippen LogP contribution in [0, 0.1) is 0 Å². The van der Waals surface area contributed by atoms with E-state index in [0.29, 0.717) is 6.04 Å². The first-order valence-electron chi connectivity index (χ1n) is 5.37. The Balaban J connectivity index is 2.31. The van der Waals surface area contributed by atoms with E-state index in [0.717, 1.165) is 4.48 Å². The van der Waals surface area contributed by atoms with Crippen molar-refractivity contribution in [3.05, 3.63) is 30.1 Å². The molecule has 76 valence electrons. The predicted molar refractivity (Wildman–Crippen MR) is 56.6 cm³/mol. The lowest BCUT2D eigenvalue weighted by Gasteiger charge is -2.31. The normalized spacial score (nSPS) is 25.2. The largest absolute Gasteiger partial charge is 0.322 e. The molecule has 1 fully saturated rings. The minimum Gasteiger partial charge on any atom is -0.322 e. The van der Waals surface area contributed by atoms with Crippen molar-refractivity contribution in [3.8, 4) is 0 Å². The highest BCUT2D eigenvalue weighted by Crippen LogP contribution is 2.34. The Labute approximate surface area is 86.4 Å².